The van der Waals surface area contributed by atoms with Gasteiger partial charge < -0.3 is 5.32 Å². The molecule has 1 N–H and O–H groups in total. The molecule has 2 saturated carbocycles. The van der Waals surface area contributed by atoms with Crippen molar-refractivity contribution < 1.29 is 0 Å². The molecule has 3 atom stereocenters. The van der Waals surface area contributed by atoms with Crippen LogP contribution in [-0.2, 0) is 0 Å². The molecule has 0 aromatic carbocycles. The predicted molar refractivity (Wildman–Crippen MR) is 86.0 cm³/mol. The molecule has 3 rings (SSSR count). The zero-order chi connectivity index (χ0) is 14.0. The van der Waals surface area contributed by atoms with E-state index in [4.69, 9.17) is 0 Å². The van der Waals surface area contributed by atoms with Gasteiger partial charge in [0.25, 0.3) is 0 Å². The van der Waals surface area contributed by atoms with Gasteiger partial charge in [0.05, 0.1) is 0 Å². The molecule has 2 nitrogen and oxygen atoms in total. The van der Waals surface area contributed by atoms with Crippen molar-refractivity contribution in [3.8, 4) is 0 Å². The number of hydrogen-bond acceptors (Lipinski definition) is 2. The fourth-order valence-electron chi connectivity index (χ4n) is 5.08. The van der Waals surface area contributed by atoms with Crippen LogP contribution < -0.4 is 5.32 Å². The molecule has 0 amide bonds. The Kier molecular flexibility index (Phi) is 4.72. The summed E-state index contributed by atoms with van der Waals surface area (Å²) in [6.07, 6.45) is 12.9. The summed E-state index contributed by atoms with van der Waals surface area (Å²) in [5, 5.41) is 3.95. The zero-order valence-electron chi connectivity index (χ0n) is 13.7. The third kappa shape index (κ3) is 3.06. The van der Waals surface area contributed by atoms with Crippen molar-refractivity contribution in [2.75, 3.05) is 19.6 Å². The highest BCUT2D eigenvalue weighted by molar-refractivity contribution is 4.98. The van der Waals surface area contributed by atoms with Gasteiger partial charge in [-0.05, 0) is 50.6 Å². The van der Waals surface area contributed by atoms with E-state index < -0.39 is 0 Å². The van der Waals surface area contributed by atoms with Crippen LogP contribution in [0.1, 0.15) is 71.6 Å². The van der Waals surface area contributed by atoms with Crippen molar-refractivity contribution in [2.45, 2.75) is 83.2 Å². The lowest BCUT2D eigenvalue weighted by atomic mass is 9.76. The lowest BCUT2D eigenvalue weighted by molar-refractivity contribution is 0.0563. The van der Waals surface area contributed by atoms with E-state index in [0.717, 1.165) is 17.9 Å². The normalized spacial score (nSPS) is 39.6. The van der Waals surface area contributed by atoms with Gasteiger partial charge in [-0.25, -0.2) is 0 Å². The summed E-state index contributed by atoms with van der Waals surface area (Å²) in [5.41, 5.74) is 0.467. The van der Waals surface area contributed by atoms with Crippen molar-refractivity contribution in [3.05, 3.63) is 0 Å². The van der Waals surface area contributed by atoms with Gasteiger partial charge in [0.2, 0.25) is 0 Å². The fraction of sp³-hybridized carbons (Fsp3) is 1.00. The molecule has 2 heteroatoms. The van der Waals surface area contributed by atoms with Crippen molar-refractivity contribution in [3.63, 3.8) is 0 Å². The zero-order valence-corrected chi connectivity index (χ0v) is 13.7. The van der Waals surface area contributed by atoms with E-state index in [-0.39, 0.29) is 0 Å². The molecule has 3 unspecified atom stereocenters. The maximum absolute atomic E-state index is 3.95. The van der Waals surface area contributed by atoms with E-state index in [2.05, 4.69) is 24.1 Å². The van der Waals surface area contributed by atoms with Gasteiger partial charge in [-0.2, -0.15) is 0 Å². The molecule has 0 aromatic rings. The number of nitrogens with one attached hydrogen (secondary N) is 1. The lowest BCUT2D eigenvalue weighted by Gasteiger charge is -2.46. The molecule has 1 heterocycles. The Morgan fingerprint density at radius 1 is 0.950 bits per heavy atom. The molecular formula is C18H34N2. The molecule has 20 heavy (non-hydrogen) atoms. The van der Waals surface area contributed by atoms with E-state index in [9.17, 15) is 0 Å². The molecule has 0 radical (unpaired) electrons. The van der Waals surface area contributed by atoms with Crippen LogP contribution >= 0.6 is 0 Å². The Morgan fingerprint density at radius 3 is 2.55 bits per heavy atom. The summed E-state index contributed by atoms with van der Waals surface area (Å²) >= 11 is 0. The van der Waals surface area contributed by atoms with Crippen molar-refractivity contribution in [1.82, 2.24) is 10.2 Å². The van der Waals surface area contributed by atoms with Gasteiger partial charge >= 0.3 is 0 Å². The minimum absolute atomic E-state index is 0.467. The summed E-state index contributed by atoms with van der Waals surface area (Å²) in [6, 6.07) is 0.859. The Hall–Kier alpha value is -0.0800. The molecule has 1 saturated heterocycles. The summed E-state index contributed by atoms with van der Waals surface area (Å²) in [7, 11) is 0. The van der Waals surface area contributed by atoms with E-state index in [1.165, 1.54) is 77.4 Å². The highest BCUT2D eigenvalue weighted by Gasteiger charge is 2.39. The number of rotatable bonds is 1. The first kappa shape index (κ1) is 14.8. The third-order valence-corrected chi connectivity index (χ3v) is 6.57. The van der Waals surface area contributed by atoms with Gasteiger partial charge in [-0.15, -0.1) is 0 Å². The molecule has 1 spiro atoms. The first-order valence-electron chi connectivity index (χ1n) is 9.19. The molecule has 116 valence electrons. The lowest BCUT2D eigenvalue weighted by Crippen LogP contribution is -2.56. The Balaban J connectivity index is 1.71. The Labute approximate surface area is 125 Å². The van der Waals surface area contributed by atoms with E-state index in [1.807, 2.05) is 0 Å². The molecule has 1 aliphatic heterocycles. The van der Waals surface area contributed by atoms with E-state index >= 15 is 0 Å². The second-order valence-electron chi connectivity index (χ2n) is 7.93. The van der Waals surface area contributed by atoms with Crippen LogP contribution in [0.15, 0.2) is 0 Å². The van der Waals surface area contributed by atoms with Gasteiger partial charge in [0.1, 0.15) is 0 Å². The SMILES string of the molecule is CC1CCCC(N2CCCNC3(CCCCC3)C2)C1C. The average molecular weight is 278 g/mol. The summed E-state index contributed by atoms with van der Waals surface area (Å²) in [6.45, 7) is 8.89. The van der Waals surface area contributed by atoms with Crippen LogP contribution in [0.4, 0.5) is 0 Å². The second kappa shape index (κ2) is 6.36. The van der Waals surface area contributed by atoms with Gasteiger partial charge in [-0.1, -0.05) is 46.0 Å². The highest BCUT2D eigenvalue weighted by atomic mass is 15.2. The Bertz CT molecular complexity index is 309. The largest absolute Gasteiger partial charge is 0.310 e. The van der Waals surface area contributed by atoms with Crippen LogP contribution in [-0.4, -0.2) is 36.1 Å². The topological polar surface area (TPSA) is 15.3 Å². The van der Waals surface area contributed by atoms with Crippen LogP contribution in [0.3, 0.4) is 0 Å². The van der Waals surface area contributed by atoms with Crippen molar-refractivity contribution in [1.29, 1.82) is 0 Å². The van der Waals surface area contributed by atoms with Crippen molar-refractivity contribution in [2.24, 2.45) is 11.8 Å². The summed E-state index contributed by atoms with van der Waals surface area (Å²) in [4.78, 5) is 2.89. The van der Waals surface area contributed by atoms with Crippen LogP contribution in [0.2, 0.25) is 0 Å². The minimum Gasteiger partial charge on any atom is -0.310 e. The van der Waals surface area contributed by atoms with E-state index in [1.54, 1.807) is 0 Å². The Morgan fingerprint density at radius 2 is 1.75 bits per heavy atom. The van der Waals surface area contributed by atoms with Crippen molar-refractivity contribution >= 4 is 0 Å². The average Bonchev–Trinajstić information content (AvgIpc) is 2.66. The van der Waals surface area contributed by atoms with Gasteiger partial charge in [0.15, 0.2) is 0 Å². The van der Waals surface area contributed by atoms with Gasteiger partial charge in [-0.3, -0.25) is 4.90 Å². The van der Waals surface area contributed by atoms with Crippen LogP contribution in [0.5, 0.6) is 0 Å². The molecule has 2 aliphatic carbocycles. The van der Waals surface area contributed by atoms with Crippen LogP contribution in [0.25, 0.3) is 0 Å². The number of nitrogens with zero attached hydrogens (tertiary/aromatic N) is 1. The molecular weight excluding hydrogens is 244 g/mol. The summed E-state index contributed by atoms with van der Waals surface area (Å²) in [5.74, 6) is 1.81. The maximum Gasteiger partial charge on any atom is 0.0308 e. The first-order chi connectivity index (χ1) is 9.70. The standard InChI is InChI=1S/C18H34N2/c1-15-8-6-9-17(16(15)2)20-13-7-12-19-18(14-20)10-4-3-5-11-18/h15-17,19H,3-14H2,1-2H3. The van der Waals surface area contributed by atoms with Crippen LogP contribution in [0, 0.1) is 11.8 Å². The third-order valence-electron chi connectivity index (χ3n) is 6.57. The smallest absolute Gasteiger partial charge is 0.0308 e. The maximum atomic E-state index is 3.95. The molecule has 0 aromatic heterocycles. The second-order valence-corrected chi connectivity index (χ2v) is 7.93. The minimum atomic E-state index is 0.467. The molecule has 0 bridgehead atoms. The fourth-order valence-corrected chi connectivity index (χ4v) is 5.08. The molecule has 3 aliphatic rings. The quantitative estimate of drug-likeness (QED) is 0.784. The monoisotopic (exact) mass is 278 g/mol. The number of hydrogen-bond donors (Lipinski definition) is 1. The highest BCUT2D eigenvalue weighted by Crippen LogP contribution is 2.36. The predicted octanol–water partition coefficient (Wildman–Crippen LogP) is 3.81. The van der Waals surface area contributed by atoms with E-state index in [0.29, 0.717) is 5.54 Å². The molecule has 3 fully saturated rings. The van der Waals surface area contributed by atoms with Gasteiger partial charge in [0, 0.05) is 18.1 Å². The summed E-state index contributed by atoms with van der Waals surface area (Å²) < 4.78 is 0. The first-order valence-corrected chi connectivity index (χ1v) is 9.19.